The van der Waals surface area contributed by atoms with Crippen molar-refractivity contribution in [3.05, 3.63) is 65.1 Å². The third-order valence-corrected chi connectivity index (χ3v) is 7.36. The van der Waals surface area contributed by atoms with E-state index in [1.54, 1.807) is 21.3 Å². The molecule has 2 heterocycles. The fourth-order valence-corrected chi connectivity index (χ4v) is 5.49. The van der Waals surface area contributed by atoms with Crippen LogP contribution in [0.3, 0.4) is 0 Å². The lowest BCUT2D eigenvalue weighted by Crippen LogP contribution is -2.33. The number of allylic oxidation sites excluding steroid dienone is 2. The van der Waals surface area contributed by atoms with Crippen molar-refractivity contribution >= 4 is 17.4 Å². The maximum absolute atomic E-state index is 13.8. The second-order valence-corrected chi connectivity index (χ2v) is 9.20. The molecule has 0 saturated heterocycles. The molecule has 3 aromatic rings. The molecule has 0 unspecified atom stereocenters. The van der Waals surface area contributed by atoms with Crippen molar-refractivity contribution in [3.8, 4) is 17.2 Å². The van der Waals surface area contributed by atoms with Gasteiger partial charge in [-0.3, -0.25) is 4.79 Å². The zero-order valence-electron chi connectivity index (χ0n) is 21.9. The van der Waals surface area contributed by atoms with Crippen LogP contribution in [0.5, 0.6) is 17.2 Å². The van der Waals surface area contributed by atoms with E-state index in [-0.39, 0.29) is 17.7 Å². The van der Waals surface area contributed by atoms with E-state index in [9.17, 15) is 4.79 Å². The number of aromatic nitrogens is 3. The number of rotatable bonds is 8. The molecule has 1 aliphatic carbocycles. The highest BCUT2D eigenvalue weighted by atomic mass is 16.5. The van der Waals surface area contributed by atoms with Crippen molar-refractivity contribution in [1.29, 1.82) is 0 Å². The van der Waals surface area contributed by atoms with Crippen LogP contribution < -0.4 is 24.4 Å². The molecule has 2 aliphatic rings. The highest BCUT2D eigenvalue weighted by Crippen LogP contribution is 2.47. The topological polar surface area (TPSA) is 90.7 Å². The molecule has 1 N–H and O–H groups in total. The van der Waals surface area contributed by atoms with Gasteiger partial charge in [-0.2, -0.15) is 10.1 Å². The van der Waals surface area contributed by atoms with Crippen molar-refractivity contribution in [2.24, 2.45) is 0 Å². The molecular formula is C28H33N5O4. The van der Waals surface area contributed by atoms with Crippen molar-refractivity contribution in [2.45, 2.75) is 38.6 Å². The highest BCUT2D eigenvalue weighted by molar-refractivity contribution is 6.00. The summed E-state index contributed by atoms with van der Waals surface area (Å²) in [6, 6.07) is 12.0. The van der Waals surface area contributed by atoms with E-state index >= 15 is 0 Å². The summed E-state index contributed by atoms with van der Waals surface area (Å²) in [5, 5.41) is 7.86. The maximum Gasteiger partial charge on any atom is 0.226 e. The van der Waals surface area contributed by atoms with Gasteiger partial charge in [-0.1, -0.05) is 12.1 Å². The SMILES string of the molecule is CCN(CC)c1ccc([C@@H]2C3=C(C[C@H](c4cc(OC)c(OC)c(OC)c4)CC3=O)Nc3ncnn32)cc1. The number of hydrogen-bond donors (Lipinski definition) is 1. The average Bonchev–Trinajstić information content (AvgIpc) is 3.40. The van der Waals surface area contributed by atoms with Crippen molar-refractivity contribution in [3.63, 3.8) is 0 Å². The smallest absolute Gasteiger partial charge is 0.226 e. The van der Waals surface area contributed by atoms with E-state index in [1.165, 1.54) is 6.33 Å². The van der Waals surface area contributed by atoms with Gasteiger partial charge in [0.2, 0.25) is 11.7 Å². The van der Waals surface area contributed by atoms with Gasteiger partial charge in [0.15, 0.2) is 17.3 Å². The fourth-order valence-electron chi connectivity index (χ4n) is 5.49. The summed E-state index contributed by atoms with van der Waals surface area (Å²) in [4.78, 5) is 20.5. The van der Waals surface area contributed by atoms with Gasteiger partial charge in [-0.15, -0.1) is 0 Å². The molecule has 0 saturated carbocycles. The number of methoxy groups -OCH3 is 3. The third kappa shape index (κ3) is 4.28. The van der Waals surface area contributed by atoms with E-state index in [0.29, 0.717) is 36.0 Å². The van der Waals surface area contributed by atoms with Crippen LogP contribution in [0.2, 0.25) is 0 Å². The van der Waals surface area contributed by atoms with Gasteiger partial charge in [0.25, 0.3) is 0 Å². The Hall–Kier alpha value is -4.01. The van der Waals surface area contributed by atoms with Crippen LogP contribution in [-0.4, -0.2) is 55.0 Å². The van der Waals surface area contributed by atoms with Gasteiger partial charge in [-0.25, -0.2) is 4.68 Å². The Balaban J connectivity index is 1.53. The number of carbonyl (C=O) groups is 1. The van der Waals surface area contributed by atoms with E-state index in [4.69, 9.17) is 14.2 Å². The number of benzene rings is 2. The van der Waals surface area contributed by atoms with Gasteiger partial charge in [-0.05, 0) is 61.6 Å². The minimum absolute atomic E-state index is 0.0485. The number of anilines is 2. The minimum atomic E-state index is -0.326. The number of ether oxygens (including phenoxy) is 3. The second-order valence-electron chi connectivity index (χ2n) is 9.20. The summed E-state index contributed by atoms with van der Waals surface area (Å²) in [6.45, 7) is 6.17. The summed E-state index contributed by atoms with van der Waals surface area (Å²) < 4.78 is 18.4. The highest BCUT2D eigenvalue weighted by Gasteiger charge is 2.39. The maximum atomic E-state index is 13.8. The van der Waals surface area contributed by atoms with Crippen molar-refractivity contribution in [2.75, 3.05) is 44.6 Å². The monoisotopic (exact) mass is 503 g/mol. The molecule has 9 heteroatoms. The Morgan fingerprint density at radius 1 is 0.973 bits per heavy atom. The van der Waals surface area contributed by atoms with Gasteiger partial charge >= 0.3 is 0 Å². The Kier molecular flexibility index (Phi) is 6.78. The molecule has 0 spiro atoms. The first-order valence-corrected chi connectivity index (χ1v) is 12.6. The van der Waals surface area contributed by atoms with Gasteiger partial charge in [0, 0.05) is 36.5 Å². The minimum Gasteiger partial charge on any atom is -0.493 e. The summed E-state index contributed by atoms with van der Waals surface area (Å²) in [7, 11) is 4.77. The summed E-state index contributed by atoms with van der Waals surface area (Å²) >= 11 is 0. The lowest BCUT2D eigenvalue weighted by atomic mass is 9.77. The number of nitrogens with zero attached hydrogens (tertiary/aromatic N) is 4. The predicted molar refractivity (Wildman–Crippen MR) is 142 cm³/mol. The molecule has 0 amide bonds. The Morgan fingerprint density at radius 3 is 2.24 bits per heavy atom. The Labute approximate surface area is 217 Å². The second kappa shape index (κ2) is 10.2. The summed E-state index contributed by atoms with van der Waals surface area (Å²) in [6.07, 6.45) is 2.55. The normalized spacial score (nSPS) is 18.6. The number of carbonyl (C=O) groups excluding carboxylic acids is 1. The van der Waals surface area contributed by atoms with Crippen LogP contribution >= 0.6 is 0 Å². The molecule has 194 valence electrons. The molecule has 37 heavy (non-hydrogen) atoms. The van der Waals surface area contributed by atoms with E-state index in [2.05, 4.69) is 58.4 Å². The molecule has 0 bridgehead atoms. The largest absolute Gasteiger partial charge is 0.493 e. The van der Waals surface area contributed by atoms with Crippen LogP contribution in [-0.2, 0) is 4.79 Å². The molecular weight excluding hydrogens is 470 g/mol. The lowest BCUT2D eigenvalue weighted by molar-refractivity contribution is -0.116. The fraction of sp³-hybridized carbons (Fsp3) is 0.393. The zero-order chi connectivity index (χ0) is 26.1. The lowest BCUT2D eigenvalue weighted by Gasteiger charge is -2.35. The molecule has 0 radical (unpaired) electrons. The van der Waals surface area contributed by atoms with Gasteiger partial charge < -0.3 is 24.4 Å². The van der Waals surface area contributed by atoms with Gasteiger partial charge in [0.1, 0.15) is 12.4 Å². The first-order valence-electron chi connectivity index (χ1n) is 12.6. The molecule has 1 aromatic heterocycles. The van der Waals surface area contributed by atoms with Crippen LogP contribution in [0.25, 0.3) is 0 Å². The van der Waals surface area contributed by atoms with Crippen LogP contribution in [0.15, 0.2) is 54.0 Å². The third-order valence-electron chi connectivity index (χ3n) is 7.36. The van der Waals surface area contributed by atoms with E-state index in [1.807, 2.05) is 16.8 Å². The van der Waals surface area contributed by atoms with E-state index in [0.717, 1.165) is 41.2 Å². The molecule has 1 aliphatic heterocycles. The number of ketones is 1. The zero-order valence-corrected chi connectivity index (χ0v) is 21.9. The first-order chi connectivity index (χ1) is 18.0. The molecule has 0 fully saturated rings. The first kappa shape index (κ1) is 24.7. The standard InChI is InChI=1S/C28H33N5O4/c1-6-32(7-2)20-10-8-17(9-11-20)26-25-21(31-28-29-16-30-33(26)28)12-18(13-22(25)34)19-14-23(35-3)27(37-5)24(15-19)36-4/h8-11,14-16,18,26H,6-7,12-13H2,1-5H3,(H,29,30,31)/t18-,26+/m0/s1. The van der Waals surface area contributed by atoms with Gasteiger partial charge in [0.05, 0.1) is 21.3 Å². The summed E-state index contributed by atoms with van der Waals surface area (Å²) in [5.74, 6) is 2.36. The van der Waals surface area contributed by atoms with Crippen molar-refractivity contribution in [1.82, 2.24) is 14.8 Å². The quantitative estimate of drug-likeness (QED) is 0.478. The van der Waals surface area contributed by atoms with Crippen LogP contribution in [0.4, 0.5) is 11.6 Å². The molecule has 9 nitrogen and oxygen atoms in total. The number of hydrogen-bond acceptors (Lipinski definition) is 8. The van der Waals surface area contributed by atoms with E-state index < -0.39 is 0 Å². The van der Waals surface area contributed by atoms with Crippen LogP contribution in [0.1, 0.15) is 49.8 Å². The number of nitrogens with one attached hydrogen (secondary N) is 1. The average molecular weight is 504 g/mol. The van der Waals surface area contributed by atoms with Crippen molar-refractivity contribution < 1.29 is 19.0 Å². The molecule has 5 rings (SSSR count). The Bertz CT molecular complexity index is 1300. The summed E-state index contributed by atoms with van der Waals surface area (Å²) in [5.41, 5.74) is 4.76. The number of fused-ring (bicyclic) bond motifs is 1. The molecule has 2 atom stereocenters. The Morgan fingerprint density at radius 2 is 1.65 bits per heavy atom. The van der Waals surface area contributed by atoms with Crippen LogP contribution in [0, 0.1) is 0 Å². The number of Topliss-reactive ketones (excluding diaryl/α,β-unsaturated/α-hetero) is 1. The molecule has 2 aromatic carbocycles. The predicted octanol–water partition coefficient (Wildman–Crippen LogP) is 4.57.